The highest BCUT2D eigenvalue weighted by atomic mass is 16.3. The minimum absolute atomic E-state index is 0.0699. The Balaban J connectivity index is 1.89. The maximum atomic E-state index is 10.2. The summed E-state index contributed by atoms with van der Waals surface area (Å²) < 4.78 is 0. The molecule has 0 radical (unpaired) electrons. The zero-order chi connectivity index (χ0) is 12.7. The van der Waals surface area contributed by atoms with Crippen LogP contribution in [-0.4, -0.2) is 57.7 Å². The minimum atomic E-state index is -0.841. The number of fused-ring (bicyclic) bond motifs is 1. The van der Waals surface area contributed by atoms with Gasteiger partial charge in [0.05, 0.1) is 24.9 Å². The van der Waals surface area contributed by atoms with E-state index in [1.165, 1.54) is 5.56 Å². The third-order valence-corrected chi connectivity index (χ3v) is 4.43. The van der Waals surface area contributed by atoms with E-state index in [1.54, 1.807) is 0 Å². The standard InChI is InChI=1S/C14H19NO3/c16-8-11-13(17)14(18)12-10(6-7-15(11)12)9-4-2-1-3-5-9/h1-5,10-14,16-18H,6-8H2/t10-,11+,12+,13+,14+/m1/s1. The summed E-state index contributed by atoms with van der Waals surface area (Å²) in [6, 6.07) is 9.72. The molecular weight excluding hydrogens is 230 g/mol. The number of nitrogens with zero attached hydrogens (tertiary/aromatic N) is 1. The monoisotopic (exact) mass is 249 g/mol. The van der Waals surface area contributed by atoms with Crippen LogP contribution in [0.1, 0.15) is 17.9 Å². The van der Waals surface area contributed by atoms with Gasteiger partial charge >= 0.3 is 0 Å². The Kier molecular flexibility index (Phi) is 3.11. The summed E-state index contributed by atoms with van der Waals surface area (Å²) in [5.74, 6) is 0.243. The summed E-state index contributed by atoms with van der Waals surface area (Å²) in [5, 5.41) is 29.5. The van der Waals surface area contributed by atoms with Crippen molar-refractivity contribution in [1.29, 1.82) is 0 Å². The lowest BCUT2D eigenvalue weighted by atomic mass is 9.88. The number of aliphatic hydroxyl groups is 3. The number of hydrogen-bond donors (Lipinski definition) is 3. The van der Waals surface area contributed by atoms with Crippen LogP contribution in [0, 0.1) is 0 Å². The molecule has 0 saturated carbocycles. The van der Waals surface area contributed by atoms with Crippen LogP contribution >= 0.6 is 0 Å². The van der Waals surface area contributed by atoms with Crippen LogP contribution in [0.3, 0.4) is 0 Å². The van der Waals surface area contributed by atoms with E-state index in [0.717, 1.165) is 13.0 Å². The van der Waals surface area contributed by atoms with E-state index in [2.05, 4.69) is 17.0 Å². The van der Waals surface area contributed by atoms with Crippen molar-refractivity contribution in [3.63, 3.8) is 0 Å². The molecule has 18 heavy (non-hydrogen) atoms. The molecule has 2 saturated heterocycles. The zero-order valence-corrected chi connectivity index (χ0v) is 10.2. The van der Waals surface area contributed by atoms with E-state index in [-0.39, 0.29) is 24.6 Å². The summed E-state index contributed by atoms with van der Waals surface area (Å²) in [4.78, 5) is 2.06. The number of hydrogen-bond acceptors (Lipinski definition) is 4. The molecule has 2 aliphatic heterocycles. The zero-order valence-electron chi connectivity index (χ0n) is 10.2. The average Bonchev–Trinajstić information content (AvgIpc) is 2.92. The number of benzene rings is 1. The molecule has 0 aliphatic carbocycles. The SMILES string of the molecule is OC[C@H]1[C@H](O)[C@@H](O)[C@@H]2[C@@H](c3ccccc3)CCN21. The molecule has 3 rings (SSSR count). The van der Waals surface area contributed by atoms with Gasteiger partial charge < -0.3 is 15.3 Å². The van der Waals surface area contributed by atoms with E-state index < -0.39 is 12.2 Å². The summed E-state index contributed by atoms with van der Waals surface area (Å²) in [6.07, 6.45) is -0.643. The van der Waals surface area contributed by atoms with Crippen LogP contribution in [0.15, 0.2) is 30.3 Å². The molecule has 2 fully saturated rings. The molecule has 4 heteroatoms. The molecule has 5 atom stereocenters. The fraction of sp³-hybridized carbons (Fsp3) is 0.571. The normalized spacial score (nSPS) is 40.1. The molecular formula is C14H19NO3. The van der Waals surface area contributed by atoms with Crippen molar-refractivity contribution in [2.24, 2.45) is 0 Å². The van der Waals surface area contributed by atoms with Crippen molar-refractivity contribution in [2.45, 2.75) is 36.6 Å². The van der Waals surface area contributed by atoms with Crippen molar-refractivity contribution in [2.75, 3.05) is 13.2 Å². The second kappa shape index (κ2) is 4.63. The van der Waals surface area contributed by atoms with E-state index in [1.807, 2.05) is 18.2 Å². The topological polar surface area (TPSA) is 63.9 Å². The highest BCUT2D eigenvalue weighted by Gasteiger charge is 2.53. The fourth-order valence-corrected chi connectivity index (χ4v) is 3.56. The molecule has 2 aliphatic rings. The Hall–Kier alpha value is -0.940. The van der Waals surface area contributed by atoms with Crippen LogP contribution in [0.2, 0.25) is 0 Å². The van der Waals surface area contributed by atoms with Crippen LogP contribution in [-0.2, 0) is 0 Å². The van der Waals surface area contributed by atoms with Gasteiger partial charge in [-0.05, 0) is 18.5 Å². The predicted octanol–water partition coefficient (Wildman–Crippen LogP) is -0.0592. The maximum absolute atomic E-state index is 10.2. The third kappa shape index (κ3) is 1.68. The summed E-state index contributed by atoms with van der Waals surface area (Å²) in [7, 11) is 0. The summed E-state index contributed by atoms with van der Waals surface area (Å²) in [6.45, 7) is 0.722. The molecule has 0 bridgehead atoms. The summed E-state index contributed by atoms with van der Waals surface area (Å²) >= 11 is 0. The fourth-order valence-electron chi connectivity index (χ4n) is 3.56. The Bertz CT molecular complexity index is 411. The molecule has 0 spiro atoms. The third-order valence-electron chi connectivity index (χ3n) is 4.43. The van der Waals surface area contributed by atoms with Gasteiger partial charge in [-0.25, -0.2) is 0 Å². The molecule has 0 aromatic heterocycles. The molecule has 2 heterocycles. The van der Waals surface area contributed by atoms with Gasteiger partial charge in [-0.3, -0.25) is 4.90 Å². The summed E-state index contributed by atoms with van der Waals surface area (Å²) in [5.41, 5.74) is 1.20. The van der Waals surface area contributed by atoms with Gasteiger partial charge in [-0.2, -0.15) is 0 Å². The van der Waals surface area contributed by atoms with Crippen molar-refractivity contribution in [1.82, 2.24) is 4.90 Å². The Morgan fingerprint density at radius 2 is 1.83 bits per heavy atom. The van der Waals surface area contributed by atoms with Gasteiger partial charge in [0.25, 0.3) is 0 Å². The van der Waals surface area contributed by atoms with Gasteiger partial charge in [0, 0.05) is 12.0 Å². The highest BCUT2D eigenvalue weighted by molar-refractivity contribution is 5.26. The first-order valence-electron chi connectivity index (χ1n) is 6.51. The first kappa shape index (κ1) is 12.1. The molecule has 0 unspecified atom stereocenters. The molecule has 3 N–H and O–H groups in total. The van der Waals surface area contributed by atoms with E-state index in [0.29, 0.717) is 0 Å². The van der Waals surface area contributed by atoms with Gasteiger partial charge in [-0.1, -0.05) is 30.3 Å². The highest BCUT2D eigenvalue weighted by Crippen LogP contribution is 2.42. The van der Waals surface area contributed by atoms with Crippen LogP contribution in [0.5, 0.6) is 0 Å². The van der Waals surface area contributed by atoms with Crippen molar-refractivity contribution >= 4 is 0 Å². The lowest BCUT2D eigenvalue weighted by Crippen LogP contribution is -2.38. The van der Waals surface area contributed by atoms with Gasteiger partial charge in [0.1, 0.15) is 0 Å². The molecule has 1 aromatic rings. The van der Waals surface area contributed by atoms with E-state index in [4.69, 9.17) is 0 Å². The van der Waals surface area contributed by atoms with Crippen LogP contribution < -0.4 is 0 Å². The minimum Gasteiger partial charge on any atom is -0.395 e. The second-order valence-corrected chi connectivity index (χ2v) is 5.27. The van der Waals surface area contributed by atoms with Crippen molar-refractivity contribution < 1.29 is 15.3 Å². The largest absolute Gasteiger partial charge is 0.395 e. The number of rotatable bonds is 2. The average molecular weight is 249 g/mol. The molecule has 4 nitrogen and oxygen atoms in total. The Morgan fingerprint density at radius 3 is 2.50 bits per heavy atom. The van der Waals surface area contributed by atoms with Crippen molar-refractivity contribution in [3.8, 4) is 0 Å². The molecule has 1 aromatic carbocycles. The molecule has 98 valence electrons. The first-order valence-corrected chi connectivity index (χ1v) is 6.51. The lowest BCUT2D eigenvalue weighted by Gasteiger charge is -2.25. The van der Waals surface area contributed by atoms with E-state index >= 15 is 0 Å². The van der Waals surface area contributed by atoms with E-state index in [9.17, 15) is 15.3 Å². The van der Waals surface area contributed by atoms with Gasteiger partial charge in [0.15, 0.2) is 0 Å². The molecule has 0 amide bonds. The van der Waals surface area contributed by atoms with Gasteiger partial charge in [-0.15, -0.1) is 0 Å². The lowest BCUT2D eigenvalue weighted by molar-refractivity contribution is 0.0139. The number of aliphatic hydroxyl groups excluding tert-OH is 3. The van der Waals surface area contributed by atoms with Crippen LogP contribution in [0.25, 0.3) is 0 Å². The quantitative estimate of drug-likeness (QED) is 0.687. The second-order valence-electron chi connectivity index (χ2n) is 5.27. The van der Waals surface area contributed by atoms with Crippen LogP contribution in [0.4, 0.5) is 0 Å². The van der Waals surface area contributed by atoms with Crippen molar-refractivity contribution in [3.05, 3.63) is 35.9 Å². The predicted molar refractivity (Wildman–Crippen MR) is 67.2 cm³/mol. The smallest absolute Gasteiger partial charge is 0.0991 e. The Labute approximate surface area is 106 Å². The first-order chi connectivity index (χ1) is 8.74. The Morgan fingerprint density at radius 1 is 1.11 bits per heavy atom. The maximum Gasteiger partial charge on any atom is 0.0991 e. The van der Waals surface area contributed by atoms with Gasteiger partial charge in [0.2, 0.25) is 0 Å².